The van der Waals surface area contributed by atoms with E-state index in [1.54, 1.807) is 11.3 Å². The largest absolute Gasteiger partial charge is 0.436 e. The summed E-state index contributed by atoms with van der Waals surface area (Å²) in [6, 6.07) is 112. The zero-order valence-electron chi connectivity index (χ0n) is 55.6. The van der Waals surface area contributed by atoms with Crippen molar-refractivity contribution in [3.05, 3.63) is 328 Å². The predicted molar refractivity (Wildman–Crippen MR) is 433 cm³/mol. The Morgan fingerprint density at radius 1 is 0.298 bits per heavy atom. The van der Waals surface area contributed by atoms with E-state index in [2.05, 4.69) is 299 Å². The summed E-state index contributed by atoms with van der Waals surface area (Å²) in [5.74, 6) is 0.832. The predicted octanol–water partition coefficient (Wildman–Crippen LogP) is 24.9. The molecule has 10 heteroatoms. The van der Waals surface area contributed by atoms with E-state index in [1.807, 2.05) is 42.7 Å². The Labute approximate surface area is 597 Å². The first-order valence-corrected chi connectivity index (χ1v) is 35.8. The highest BCUT2D eigenvalue weighted by Crippen LogP contribution is 2.46. The van der Waals surface area contributed by atoms with E-state index < -0.39 is 0 Å². The molecule has 0 bridgehead atoms. The van der Waals surface area contributed by atoms with Crippen LogP contribution in [-0.2, 0) is 0 Å². The summed E-state index contributed by atoms with van der Waals surface area (Å²) in [4.78, 5) is 32.0. The Bertz CT molecular complexity index is 7480. The molecule has 0 saturated carbocycles. The van der Waals surface area contributed by atoms with Gasteiger partial charge in [-0.2, -0.15) is 0 Å². The number of nitrogens with zero attached hydrogens (tertiary/aromatic N) is 8. The molecule has 23 aromatic rings. The number of thiophene rings is 1. The lowest BCUT2D eigenvalue weighted by Gasteiger charge is -2.16. The molecule has 23 rings (SSSR count). The standard InChI is InChI=1S/C50H29N3S.C44H25N5O/c1-2-13-32-27-35(22-21-30(32)11-1)47-48(51-49-40-19-9-10-20-45(40)54-50(49)52-47)39-24-26-42(38-18-8-7-17-37(38)39)53-43-25-23-31-12-5-6-16-36(31)46(43)41-28-33-14-3-4-15-34(33)29-44(41)53;1-3-10-29-23-37-34(20-27(29)8-1)35-21-28-9-2-4-11-30(28)24-38(35)49(37)40-18-17-32(25-46-40)42-41(31-16-15-26-12-7-19-45-36(26)22-31)48-44-43(47-42)33-13-5-6-14-39(33)50-44/h1-29H;1-25H. The van der Waals surface area contributed by atoms with Crippen molar-refractivity contribution in [1.82, 2.24) is 39.0 Å². The molecule has 8 heterocycles. The lowest BCUT2D eigenvalue weighted by Crippen LogP contribution is -1.99. The quantitative estimate of drug-likeness (QED) is 0.163. The number of benzene rings is 15. The Hall–Kier alpha value is -13.8. The van der Waals surface area contributed by atoms with Gasteiger partial charge in [-0.3, -0.25) is 9.55 Å². The molecule has 0 unspecified atom stereocenters. The summed E-state index contributed by atoms with van der Waals surface area (Å²) >= 11 is 1.71. The molecule has 482 valence electrons. The molecule has 0 aliphatic rings. The second kappa shape index (κ2) is 22.9. The Morgan fingerprint density at radius 3 is 1.54 bits per heavy atom. The van der Waals surface area contributed by atoms with Gasteiger partial charge in [-0.25, -0.2) is 24.9 Å². The molecular weight excluding hydrogens is 1290 g/mol. The average Bonchev–Trinajstić information content (AvgIpc) is 1.58. The summed E-state index contributed by atoms with van der Waals surface area (Å²) in [5.41, 5.74) is 16.7. The summed E-state index contributed by atoms with van der Waals surface area (Å²) < 4.78 is 12.1. The van der Waals surface area contributed by atoms with Crippen molar-refractivity contribution in [3.63, 3.8) is 0 Å². The van der Waals surface area contributed by atoms with Gasteiger partial charge in [0.2, 0.25) is 5.71 Å². The lowest BCUT2D eigenvalue weighted by atomic mass is 9.96. The van der Waals surface area contributed by atoms with Crippen molar-refractivity contribution in [2.24, 2.45) is 0 Å². The topological polar surface area (TPSA) is 100 Å². The van der Waals surface area contributed by atoms with E-state index in [0.717, 1.165) is 116 Å². The van der Waals surface area contributed by atoms with Crippen LogP contribution in [0.2, 0.25) is 0 Å². The van der Waals surface area contributed by atoms with Gasteiger partial charge in [0.15, 0.2) is 0 Å². The maximum absolute atomic E-state index is 6.20. The molecule has 0 saturated heterocycles. The van der Waals surface area contributed by atoms with Crippen molar-refractivity contribution in [1.29, 1.82) is 0 Å². The van der Waals surface area contributed by atoms with Crippen LogP contribution in [0.4, 0.5) is 0 Å². The first-order chi connectivity index (χ1) is 51.5. The molecule has 0 N–H and O–H groups in total. The van der Waals surface area contributed by atoms with Gasteiger partial charge in [0, 0.05) is 82.4 Å². The van der Waals surface area contributed by atoms with Crippen LogP contribution in [0.25, 0.3) is 218 Å². The van der Waals surface area contributed by atoms with E-state index in [4.69, 9.17) is 29.3 Å². The number of hydrogen-bond acceptors (Lipinski definition) is 8. The molecular formula is C94H54N8OS. The number of pyridine rings is 2. The number of hydrogen-bond donors (Lipinski definition) is 0. The third-order valence-electron chi connectivity index (χ3n) is 21.0. The van der Waals surface area contributed by atoms with Crippen LogP contribution in [0.3, 0.4) is 0 Å². The minimum Gasteiger partial charge on any atom is -0.436 e. The summed E-state index contributed by atoms with van der Waals surface area (Å²) in [6.45, 7) is 0. The molecule has 9 nitrogen and oxygen atoms in total. The maximum Gasteiger partial charge on any atom is 0.246 e. The smallest absolute Gasteiger partial charge is 0.246 e. The number of fused-ring (bicyclic) bond motifs is 20. The number of furan rings is 1. The molecule has 0 amide bonds. The molecule has 0 aliphatic carbocycles. The Kier molecular flexibility index (Phi) is 12.8. The van der Waals surface area contributed by atoms with E-state index in [1.165, 1.54) is 91.1 Å². The Balaban J connectivity index is 0.000000131. The van der Waals surface area contributed by atoms with Gasteiger partial charge < -0.3 is 8.98 Å². The molecule has 15 aromatic carbocycles. The van der Waals surface area contributed by atoms with Gasteiger partial charge in [0.1, 0.15) is 33.0 Å². The van der Waals surface area contributed by atoms with Gasteiger partial charge in [-0.1, -0.05) is 212 Å². The molecule has 0 spiro atoms. The number of aromatic nitrogens is 8. The van der Waals surface area contributed by atoms with Gasteiger partial charge in [0.25, 0.3) is 0 Å². The first kappa shape index (κ1) is 58.0. The number of para-hydroxylation sites is 1. The maximum atomic E-state index is 6.20. The van der Waals surface area contributed by atoms with E-state index in [0.29, 0.717) is 11.4 Å². The van der Waals surface area contributed by atoms with E-state index >= 15 is 0 Å². The van der Waals surface area contributed by atoms with Crippen molar-refractivity contribution < 1.29 is 4.42 Å². The first-order valence-electron chi connectivity index (χ1n) is 34.9. The van der Waals surface area contributed by atoms with Gasteiger partial charge in [-0.05, 0) is 162 Å². The van der Waals surface area contributed by atoms with Crippen LogP contribution in [0.15, 0.2) is 332 Å². The van der Waals surface area contributed by atoms with Gasteiger partial charge in [-0.15, -0.1) is 11.3 Å². The van der Waals surface area contributed by atoms with Crippen molar-refractivity contribution >= 4 is 173 Å². The van der Waals surface area contributed by atoms with Crippen molar-refractivity contribution in [2.45, 2.75) is 0 Å². The minimum absolute atomic E-state index is 0.500. The van der Waals surface area contributed by atoms with Gasteiger partial charge >= 0.3 is 0 Å². The second-order valence-electron chi connectivity index (χ2n) is 26.9. The second-order valence-corrected chi connectivity index (χ2v) is 27.9. The zero-order chi connectivity index (χ0) is 68.1. The highest BCUT2D eigenvalue weighted by molar-refractivity contribution is 7.25. The highest BCUT2D eigenvalue weighted by Gasteiger charge is 2.25. The molecule has 0 atom stereocenters. The lowest BCUT2D eigenvalue weighted by molar-refractivity contribution is 0.653. The summed E-state index contributed by atoms with van der Waals surface area (Å²) in [5, 5.41) is 22.6. The summed E-state index contributed by atoms with van der Waals surface area (Å²) in [7, 11) is 0. The summed E-state index contributed by atoms with van der Waals surface area (Å²) in [6.07, 6.45) is 3.72. The molecule has 104 heavy (non-hydrogen) atoms. The molecule has 0 aliphatic heterocycles. The van der Waals surface area contributed by atoms with Crippen molar-refractivity contribution in [3.8, 4) is 56.5 Å². The van der Waals surface area contributed by atoms with Crippen molar-refractivity contribution in [2.75, 3.05) is 0 Å². The molecule has 0 radical (unpaired) electrons. The molecule has 8 aromatic heterocycles. The zero-order valence-corrected chi connectivity index (χ0v) is 56.4. The number of rotatable bonds is 6. The Morgan fingerprint density at radius 2 is 0.827 bits per heavy atom. The fourth-order valence-corrected chi connectivity index (χ4v) is 17.1. The average molecular weight is 1340 g/mol. The van der Waals surface area contributed by atoms with E-state index in [-0.39, 0.29) is 0 Å². The van der Waals surface area contributed by atoms with Crippen LogP contribution < -0.4 is 0 Å². The molecule has 0 fully saturated rings. The van der Waals surface area contributed by atoms with E-state index in [9.17, 15) is 0 Å². The van der Waals surface area contributed by atoms with Gasteiger partial charge in [0.05, 0.1) is 50.4 Å². The van der Waals surface area contributed by atoms with Crippen LogP contribution in [0, 0.1) is 0 Å². The highest BCUT2D eigenvalue weighted by atomic mass is 32.1. The third-order valence-corrected chi connectivity index (χ3v) is 22.1. The van der Waals surface area contributed by atoms with Crippen LogP contribution in [-0.4, -0.2) is 39.0 Å². The normalized spacial score (nSPS) is 12.0. The van der Waals surface area contributed by atoms with Crippen LogP contribution in [0.5, 0.6) is 0 Å². The minimum atomic E-state index is 0.500. The SMILES string of the molecule is c1ccc2cc(-c3nc4sc5ccccc5c4nc3-c3ccc(-n4c5cc6ccccc6cc5c5c6ccccc6ccc54)c4ccccc34)ccc2c1.c1ccc2cc3c(cc2c1)c1cc2ccccc2cc1n3-c1ccc(-c2nc3c(nc2-c2ccc4cccnc4c2)oc2ccccc23)cn1. The van der Waals surface area contributed by atoms with Crippen LogP contribution >= 0.6 is 11.3 Å². The fraction of sp³-hybridized carbons (Fsp3) is 0. The fourth-order valence-electron chi connectivity index (χ4n) is 16.1. The van der Waals surface area contributed by atoms with Crippen LogP contribution in [0.1, 0.15) is 0 Å². The third kappa shape index (κ3) is 9.12. The monoisotopic (exact) mass is 1340 g/mol.